The summed E-state index contributed by atoms with van der Waals surface area (Å²) in [6, 6.07) is 12.1. The molecule has 0 saturated carbocycles. The second-order valence-electron chi connectivity index (χ2n) is 4.49. The van der Waals surface area contributed by atoms with Gasteiger partial charge in [-0.05, 0) is 64.7 Å². The number of rotatable bonds is 4. The van der Waals surface area contributed by atoms with Crippen molar-refractivity contribution in [3.8, 4) is 5.75 Å². The predicted octanol–water partition coefficient (Wildman–Crippen LogP) is 6.25. The Labute approximate surface area is 141 Å². The molecule has 0 aliphatic heterocycles. The number of ether oxygens (including phenoxy) is 1. The van der Waals surface area contributed by atoms with Crippen LogP contribution in [-0.4, -0.2) is 6.61 Å². The van der Waals surface area contributed by atoms with Gasteiger partial charge in [-0.25, -0.2) is 0 Å². The van der Waals surface area contributed by atoms with E-state index in [1.165, 1.54) is 5.56 Å². The molecule has 1 nitrogen and oxygen atoms in total. The number of aryl methyl sites for hydroxylation is 1. The predicted molar refractivity (Wildman–Crippen MR) is 91.9 cm³/mol. The molecule has 0 aromatic heterocycles. The van der Waals surface area contributed by atoms with Crippen LogP contribution in [0.15, 0.2) is 45.3 Å². The Bertz CT molecular complexity index is 613. The molecule has 0 amide bonds. The van der Waals surface area contributed by atoms with Crippen molar-refractivity contribution in [3.05, 3.63) is 62.0 Å². The second-order valence-corrected chi connectivity index (χ2v) is 6.64. The highest BCUT2D eigenvalue weighted by Crippen LogP contribution is 2.35. The Kier molecular flexibility index (Phi) is 5.53. The van der Waals surface area contributed by atoms with E-state index in [-0.39, 0.29) is 5.38 Å². The van der Waals surface area contributed by atoms with Gasteiger partial charge in [-0.1, -0.05) is 34.1 Å². The van der Waals surface area contributed by atoms with Crippen LogP contribution in [-0.2, 0) is 0 Å². The average Bonchev–Trinajstić information content (AvgIpc) is 2.43. The highest BCUT2D eigenvalue weighted by molar-refractivity contribution is 9.10. The fourth-order valence-corrected chi connectivity index (χ4v) is 2.99. The first kappa shape index (κ1) is 15.9. The summed E-state index contributed by atoms with van der Waals surface area (Å²) in [6.45, 7) is 4.68. The lowest BCUT2D eigenvalue weighted by Crippen LogP contribution is -1.97. The van der Waals surface area contributed by atoms with Crippen LogP contribution < -0.4 is 4.74 Å². The first-order valence-corrected chi connectivity index (χ1v) is 8.37. The summed E-state index contributed by atoms with van der Waals surface area (Å²) >= 11 is 13.6. The SMILES string of the molecule is CCOc1ccc(C(Cl)c2ccc(Br)c(C)c2)cc1Br. The lowest BCUT2D eigenvalue weighted by atomic mass is 10.0. The molecule has 2 rings (SSSR count). The minimum atomic E-state index is -0.172. The molecule has 0 bridgehead atoms. The maximum Gasteiger partial charge on any atom is 0.133 e. The Morgan fingerprint density at radius 3 is 2.30 bits per heavy atom. The minimum Gasteiger partial charge on any atom is -0.493 e. The van der Waals surface area contributed by atoms with E-state index in [0.717, 1.165) is 25.8 Å². The highest BCUT2D eigenvalue weighted by atomic mass is 79.9. The summed E-state index contributed by atoms with van der Waals surface area (Å²) in [4.78, 5) is 0. The quantitative estimate of drug-likeness (QED) is 0.534. The molecule has 20 heavy (non-hydrogen) atoms. The Hall–Kier alpha value is -0.510. The van der Waals surface area contributed by atoms with Crippen molar-refractivity contribution in [1.29, 1.82) is 0 Å². The van der Waals surface area contributed by atoms with Crippen molar-refractivity contribution in [2.24, 2.45) is 0 Å². The zero-order valence-electron chi connectivity index (χ0n) is 11.3. The first-order chi connectivity index (χ1) is 9.52. The number of hydrogen-bond donors (Lipinski definition) is 0. The molecular weight excluding hydrogens is 403 g/mol. The standard InChI is InChI=1S/C16H15Br2ClO/c1-3-20-15-7-5-12(9-14(15)18)16(19)11-4-6-13(17)10(2)8-11/h4-9,16H,3H2,1-2H3. The molecule has 0 radical (unpaired) electrons. The van der Waals surface area contributed by atoms with Crippen LogP contribution in [0.5, 0.6) is 5.75 Å². The number of hydrogen-bond acceptors (Lipinski definition) is 1. The van der Waals surface area contributed by atoms with Crippen LogP contribution in [0.3, 0.4) is 0 Å². The summed E-state index contributed by atoms with van der Waals surface area (Å²) in [6.07, 6.45) is 0. The van der Waals surface area contributed by atoms with E-state index < -0.39 is 0 Å². The molecule has 0 aliphatic carbocycles. The first-order valence-electron chi connectivity index (χ1n) is 6.35. The molecule has 4 heteroatoms. The van der Waals surface area contributed by atoms with Gasteiger partial charge in [-0.15, -0.1) is 11.6 Å². The molecule has 0 aliphatic rings. The maximum atomic E-state index is 6.58. The Balaban J connectivity index is 2.30. The zero-order chi connectivity index (χ0) is 14.7. The topological polar surface area (TPSA) is 9.23 Å². The lowest BCUT2D eigenvalue weighted by Gasteiger charge is -2.14. The third-order valence-corrected chi connectivity index (χ3v) is 5.04. The van der Waals surface area contributed by atoms with Crippen molar-refractivity contribution >= 4 is 43.5 Å². The van der Waals surface area contributed by atoms with Gasteiger partial charge in [0.2, 0.25) is 0 Å². The third-order valence-electron chi connectivity index (χ3n) is 3.02. The van der Waals surface area contributed by atoms with Crippen LogP contribution >= 0.6 is 43.5 Å². The summed E-state index contributed by atoms with van der Waals surface area (Å²) in [7, 11) is 0. The molecule has 0 saturated heterocycles. The van der Waals surface area contributed by atoms with Crippen LogP contribution in [0.2, 0.25) is 0 Å². The molecule has 0 spiro atoms. The number of halogens is 3. The molecule has 0 heterocycles. The van der Waals surface area contributed by atoms with Gasteiger partial charge in [0.1, 0.15) is 5.75 Å². The molecule has 106 valence electrons. The van der Waals surface area contributed by atoms with Crippen molar-refractivity contribution in [3.63, 3.8) is 0 Å². The Morgan fingerprint density at radius 1 is 1.05 bits per heavy atom. The summed E-state index contributed by atoms with van der Waals surface area (Å²) in [5.74, 6) is 0.840. The Morgan fingerprint density at radius 2 is 1.70 bits per heavy atom. The van der Waals surface area contributed by atoms with E-state index in [4.69, 9.17) is 16.3 Å². The van der Waals surface area contributed by atoms with Crippen LogP contribution in [0.1, 0.15) is 29.0 Å². The van der Waals surface area contributed by atoms with Gasteiger partial charge in [0.25, 0.3) is 0 Å². The summed E-state index contributed by atoms with van der Waals surface area (Å²) < 4.78 is 7.54. The second kappa shape index (κ2) is 6.97. The number of benzene rings is 2. The van der Waals surface area contributed by atoms with Gasteiger partial charge >= 0.3 is 0 Å². The van der Waals surface area contributed by atoms with Crippen LogP contribution in [0.25, 0.3) is 0 Å². The van der Waals surface area contributed by atoms with E-state index in [1.807, 2.05) is 37.3 Å². The molecule has 2 aromatic carbocycles. The van der Waals surface area contributed by atoms with E-state index in [0.29, 0.717) is 6.61 Å². The van der Waals surface area contributed by atoms with E-state index >= 15 is 0 Å². The van der Waals surface area contributed by atoms with Crippen molar-refractivity contribution < 1.29 is 4.74 Å². The third kappa shape index (κ3) is 3.57. The fraction of sp³-hybridized carbons (Fsp3) is 0.250. The normalized spacial score (nSPS) is 12.2. The van der Waals surface area contributed by atoms with Gasteiger partial charge in [0.05, 0.1) is 16.5 Å². The smallest absolute Gasteiger partial charge is 0.133 e. The number of alkyl halides is 1. The molecule has 1 atom stereocenters. The van der Waals surface area contributed by atoms with Crippen molar-refractivity contribution in [2.45, 2.75) is 19.2 Å². The van der Waals surface area contributed by atoms with Gasteiger partial charge in [-0.2, -0.15) is 0 Å². The van der Waals surface area contributed by atoms with Gasteiger partial charge in [-0.3, -0.25) is 0 Å². The van der Waals surface area contributed by atoms with Crippen molar-refractivity contribution in [1.82, 2.24) is 0 Å². The minimum absolute atomic E-state index is 0.172. The fourth-order valence-electron chi connectivity index (χ4n) is 1.97. The highest BCUT2D eigenvalue weighted by Gasteiger charge is 2.13. The van der Waals surface area contributed by atoms with Crippen LogP contribution in [0, 0.1) is 6.92 Å². The van der Waals surface area contributed by atoms with E-state index in [2.05, 4.69) is 44.8 Å². The molecule has 2 aromatic rings. The van der Waals surface area contributed by atoms with E-state index in [1.54, 1.807) is 0 Å². The summed E-state index contributed by atoms with van der Waals surface area (Å²) in [5.41, 5.74) is 3.31. The monoisotopic (exact) mass is 416 g/mol. The van der Waals surface area contributed by atoms with Gasteiger partial charge in [0, 0.05) is 4.47 Å². The maximum absolute atomic E-state index is 6.58. The van der Waals surface area contributed by atoms with E-state index in [9.17, 15) is 0 Å². The van der Waals surface area contributed by atoms with Gasteiger partial charge in [0.15, 0.2) is 0 Å². The largest absolute Gasteiger partial charge is 0.493 e. The van der Waals surface area contributed by atoms with Gasteiger partial charge < -0.3 is 4.74 Å². The molecule has 0 fully saturated rings. The zero-order valence-corrected chi connectivity index (χ0v) is 15.2. The lowest BCUT2D eigenvalue weighted by molar-refractivity contribution is 0.338. The molecular formula is C16H15Br2ClO. The summed E-state index contributed by atoms with van der Waals surface area (Å²) in [5, 5.41) is -0.172. The molecule has 0 N–H and O–H groups in total. The van der Waals surface area contributed by atoms with Crippen molar-refractivity contribution in [2.75, 3.05) is 6.61 Å². The van der Waals surface area contributed by atoms with Crippen LogP contribution in [0.4, 0.5) is 0 Å². The average molecular weight is 419 g/mol. The molecule has 1 unspecified atom stereocenters.